The Morgan fingerprint density at radius 2 is 1.29 bits per heavy atom. The van der Waals surface area contributed by atoms with Crippen molar-refractivity contribution in [3.8, 4) is 22.6 Å². The van der Waals surface area contributed by atoms with Gasteiger partial charge in [-0.15, -0.1) is 0 Å². The summed E-state index contributed by atoms with van der Waals surface area (Å²) in [5, 5.41) is 9.45. The highest BCUT2D eigenvalue weighted by atomic mass is 16.5. The molecule has 0 saturated carbocycles. The number of ether oxygens (including phenoxy) is 2. The zero-order chi connectivity index (χ0) is 32.2. The molecule has 8 nitrogen and oxygen atoms in total. The van der Waals surface area contributed by atoms with Crippen LogP contribution in [0, 0.1) is 0 Å². The Morgan fingerprint density at radius 3 is 1.87 bits per heavy atom. The number of amides is 2. The highest BCUT2D eigenvalue weighted by Crippen LogP contribution is 2.31. The normalized spacial score (nSPS) is 10.6. The van der Waals surface area contributed by atoms with E-state index in [-0.39, 0.29) is 24.8 Å². The molecule has 234 valence electrons. The molecule has 0 aliphatic carbocycles. The molecule has 0 unspecified atom stereocenters. The van der Waals surface area contributed by atoms with Crippen molar-refractivity contribution in [3.05, 3.63) is 119 Å². The number of hydrogen-bond donors (Lipinski definition) is 1. The second-order valence-electron chi connectivity index (χ2n) is 10.5. The minimum atomic E-state index is -0.988. The Hall–Kier alpha value is -5.11. The van der Waals surface area contributed by atoms with Crippen LogP contribution in [0.25, 0.3) is 11.1 Å². The highest BCUT2D eigenvalue weighted by Gasteiger charge is 2.24. The van der Waals surface area contributed by atoms with Gasteiger partial charge in [-0.25, -0.2) is 0 Å². The quantitative estimate of drug-likeness (QED) is 0.164. The van der Waals surface area contributed by atoms with E-state index in [1.165, 1.54) is 0 Å². The minimum absolute atomic E-state index is 0.0399. The van der Waals surface area contributed by atoms with Gasteiger partial charge >= 0.3 is 5.97 Å². The van der Waals surface area contributed by atoms with Crippen LogP contribution in [0.2, 0.25) is 0 Å². The lowest BCUT2D eigenvalue weighted by Crippen LogP contribution is -2.35. The zero-order valence-electron chi connectivity index (χ0n) is 26.1. The summed E-state index contributed by atoms with van der Waals surface area (Å²) in [5.41, 5.74) is 4.11. The van der Waals surface area contributed by atoms with Crippen molar-refractivity contribution in [2.45, 2.75) is 33.2 Å². The van der Waals surface area contributed by atoms with E-state index in [0.29, 0.717) is 66.4 Å². The van der Waals surface area contributed by atoms with E-state index >= 15 is 0 Å². The molecule has 0 radical (unpaired) electrons. The first-order chi connectivity index (χ1) is 21.9. The van der Waals surface area contributed by atoms with E-state index in [4.69, 9.17) is 9.47 Å². The summed E-state index contributed by atoms with van der Waals surface area (Å²) in [6.45, 7) is 5.63. The number of aliphatic carboxylic acids is 1. The van der Waals surface area contributed by atoms with Gasteiger partial charge in [0, 0.05) is 37.3 Å². The Balaban J connectivity index is 1.64. The van der Waals surface area contributed by atoms with Gasteiger partial charge in [-0.1, -0.05) is 72.8 Å². The molecule has 0 aliphatic rings. The molecule has 4 aromatic rings. The second-order valence-corrected chi connectivity index (χ2v) is 10.5. The number of carbonyl (C=O) groups excluding carboxylic acids is 2. The fourth-order valence-corrected chi connectivity index (χ4v) is 5.24. The number of carboxylic acid groups (broad SMARTS) is 1. The Bertz CT molecular complexity index is 1600. The van der Waals surface area contributed by atoms with Gasteiger partial charge in [0.05, 0.1) is 20.1 Å². The van der Waals surface area contributed by atoms with E-state index in [1.54, 1.807) is 35.1 Å². The van der Waals surface area contributed by atoms with E-state index in [9.17, 15) is 19.5 Å². The Labute approximate surface area is 264 Å². The molecule has 0 fully saturated rings. The lowest BCUT2D eigenvalue weighted by Gasteiger charge is -2.25. The van der Waals surface area contributed by atoms with Crippen LogP contribution in [0.1, 0.15) is 52.1 Å². The van der Waals surface area contributed by atoms with Gasteiger partial charge in [-0.2, -0.15) is 0 Å². The van der Waals surface area contributed by atoms with E-state index < -0.39 is 5.97 Å². The van der Waals surface area contributed by atoms with E-state index in [2.05, 4.69) is 0 Å². The van der Waals surface area contributed by atoms with Crippen LogP contribution >= 0.6 is 0 Å². The summed E-state index contributed by atoms with van der Waals surface area (Å²) in [7, 11) is 1.58. The smallest absolute Gasteiger partial charge is 0.305 e. The Morgan fingerprint density at radius 1 is 0.689 bits per heavy atom. The molecule has 8 heteroatoms. The van der Waals surface area contributed by atoms with Crippen LogP contribution in [-0.4, -0.2) is 66.0 Å². The molecule has 0 spiro atoms. The summed E-state index contributed by atoms with van der Waals surface area (Å²) in [6, 6.07) is 29.9. The lowest BCUT2D eigenvalue weighted by molar-refractivity contribution is -0.137. The maximum Gasteiger partial charge on any atom is 0.305 e. The summed E-state index contributed by atoms with van der Waals surface area (Å²) >= 11 is 0. The molecular formula is C37H40N2O6. The van der Waals surface area contributed by atoms with Crippen LogP contribution in [0.4, 0.5) is 0 Å². The van der Waals surface area contributed by atoms with Crippen LogP contribution in [-0.2, 0) is 17.8 Å². The van der Waals surface area contributed by atoms with Crippen molar-refractivity contribution >= 4 is 17.8 Å². The molecule has 0 aromatic heterocycles. The number of carbonyl (C=O) groups is 3. The van der Waals surface area contributed by atoms with Gasteiger partial charge < -0.3 is 24.4 Å². The van der Waals surface area contributed by atoms with Crippen LogP contribution < -0.4 is 9.47 Å². The molecule has 45 heavy (non-hydrogen) atoms. The van der Waals surface area contributed by atoms with Crippen LogP contribution in [0.5, 0.6) is 11.5 Å². The van der Waals surface area contributed by atoms with Gasteiger partial charge in [-0.3, -0.25) is 14.4 Å². The first-order valence-corrected chi connectivity index (χ1v) is 15.2. The number of benzene rings is 4. The molecule has 1 N–H and O–H groups in total. The van der Waals surface area contributed by atoms with Crippen molar-refractivity contribution in [1.29, 1.82) is 0 Å². The molecular weight excluding hydrogens is 568 g/mol. The van der Waals surface area contributed by atoms with Crippen molar-refractivity contribution in [1.82, 2.24) is 9.80 Å². The SMILES string of the molecule is CCOc1cc(CCN(CCC(=O)O)C(=O)c2ccccc2-c2ccccc2C(=O)N(CC)Cc2ccccc2)ccc1OC. The second kappa shape index (κ2) is 16.1. The fraction of sp³-hybridized carbons (Fsp3) is 0.270. The standard InChI is InChI=1S/C37H40N2O6/c1-4-38(26-28-13-7-6-8-14-28)36(42)31-17-11-9-15-29(31)30-16-10-12-18-32(30)37(43)39(24-22-35(40)41)23-21-27-19-20-33(44-3)34(25-27)45-5-2/h6-20,25H,4-5,21-24,26H2,1-3H3,(H,40,41). The molecule has 0 aliphatic heterocycles. The molecule has 4 aromatic carbocycles. The third kappa shape index (κ3) is 8.50. The zero-order valence-corrected chi connectivity index (χ0v) is 26.1. The largest absolute Gasteiger partial charge is 0.493 e. The van der Waals surface area contributed by atoms with Crippen LogP contribution in [0.15, 0.2) is 97.1 Å². The van der Waals surface area contributed by atoms with Crippen molar-refractivity contribution in [2.24, 2.45) is 0 Å². The van der Waals surface area contributed by atoms with Crippen molar-refractivity contribution < 1.29 is 29.0 Å². The van der Waals surface area contributed by atoms with Gasteiger partial charge in [0.1, 0.15) is 0 Å². The lowest BCUT2D eigenvalue weighted by atomic mass is 9.93. The summed E-state index contributed by atoms with van der Waals surface area (Å²) < 4.78 is 11.1. The predicted molar refractivity (Wildman–Crippen MR) is 175 cm³/mol. The van der Waals surface area contributed by atoms with Gasteiger partial charge in [0.25, 0.3) is 11.8 Å². The molecule has 0 atom stereocenters. The Kier molecular flexibility index (Phi) is 11.7. The first kappa shape index (κ1) is 32.8. The maximum atomic E-state index is 14.1. The average Bonchev–Trinajstić information content (AvgIpc) is 3.07. The number of methoxy groups -OCH3 is 1. The monoisotopic (exact) mass is 608 g/mol. The highest BCUT2D eigenvalue weighted by molar-refractivity contribution is 6.06. The van der Waals surface area contributed by atoms with Gasteiger partial charge in [0.15, 0.2) is 11.5 Å². The average molecular weight is 609 g/mol. The summed E-state index contributed by atoms with van der Waals surface area (Å²) in [5.74, 6) is -0.193. The number of carboxylic acids is 1. The van der Waals surface area contributed by atoms with E-state index in [0.717, 1.165) is 11.1 Å². The molecule has 0 heterocycles. The fourth-order valence-electron chi connectivity index (χ4n) is 5.24. The number of hydrogen-bond acceptors (Lipinski definition) is 5. The third-order valence-corrected chi connectivity index (χ3v) is 7.57. The summed E-state index contributed by atoms with van der Waals surface area (Å²) in [4.78, 5) is 42.9. The molecule has 0 saturated heterocycles. The molecule has 4 rings (SSSR count). The van der Waals surface area contributed by atoms with Crippen molar-refractivity contribution in [3.63, 3.8) is 0 Å². The summed E-state index contributed by atoms with van der Waals surface area (Å²) in [6.07, 6.45) is 0.290. The first-order valence-electron chi connectivity index (χ1n) is 15.2. The number of rotatable bonds is 15. The number of nitrogens with zero attached hydrogens (tertiary/aromatic N) is 2. The van der Waals surface area contributed by atoms with E-state index in [1.807, 2.05) is 92.7 Å². The predicted octanol–water partition coefficient (Wildman–Crippen LogP) is 6.58. The molecule has 0 bridgehead atoms. The van der Waals surface area contributed by atoms with Gasteiger partial charge in [-0.05, 0) is 66.8 Å². The van der Waals surface area contributed by atoms with Crippen molar-refractivity contribution in [2.75, 3.05) is 33.4 Å². The van der Waals surface area contributed by atoms with Crippen LogP contribution in [0.3, 0.4) is 0 Å². The van der Waals surface area contributed by atoms with Gasteiger partial charge in [0.2, 0.25) is 0 Å². The third-order valence-electron chi connectivity index (χ3n) is 7.57. The molecule has 2 amide bonds. The maximum absolute atomic E-state index is 14.1. The topological polar surface area (TPSA) is 96.4 Å². The minimum Gasteiger partial charge on any atom is -0.493 e.